The third-order valence-electron chi connectivity index (χ3n) is 4.47. The summed E-state index contributed by atoms with van der Waals surface area (Å²) in [6, 6.07) is 10.2. The first-order valence-corrected chi connectivity index (χ1v) is 8.61. The summed E-state index contributed by atoms with van der Waals surface area (Å²) in [5.74, 6) is 0.391. The van der Waals surface area contributed by atoms with Crippen LogP contribution in [0.4, 0.5) is 5.69 Å². The lowest BCUT2D eigenvalue weighted by atomic mass is 10.1. The molecular formula is C21H21NO5. The lowest BCUT2D eigenvalue weighted by Gasteiger charge is -2.15. The van der Waals surface area contributed by atoms with Gasteiger partial charge in [0.25, 0.3) is 0 Å². The van der Waals surface area contributed by atoms with Crippen molar-refractivity contribution >= 4 is 23.5 Å². The van der Waals surface area contributed by atoms with Gasteiger partial charge in [-0.15, -0.1) is 0 Å². The van der Waals surface area contributed by atoms with Crippen LogP contribution in [-0.2, 0) is 4.79 Å². The van der Waals surface area contributed by atoms with E-state index in [0.717, 1.165) is 18.7 Å². The van der Waals surface area contributed by atoms with Crippen LogP contribution < -0.4 is 14.4 Å². The molecule has 1 saturated heterocycles. The zero-order chi connectivity index (χ0) is 19.4. The van der Waals surface area contributed by atoms with Gasteiger partial charge in [0.1, 0.15) is 0 Å². The zero-order valence-electron chi connectivity index (χ0n) is 15.3. The summed E-state index contributed by atoms with van der Waals surface area (Å²) < 4.78 is 10.2. The molecule has 1 N–H and O–H groups in total. The number of carbonyl (C=O) groups is 2. The molecule has 3 rings (SSSR count). The number of hydrogen-bond donors (Lipinski definition) is 1. The SMILES string of the molecule is COc1cc(C=CC(=O)c2ccc(N3CCCC3=O)cc2)cc(OC)c1O. The Morgan fingerprint density at radius 2 is 1.74 bits per heavy atom. The molecule has 27 heavy (non-hydrogen) atoms. The number of anilines is 1. The molecule has 0 spiro atoms. The quantitative estimate of drug-likeness (QED) is 0.625. The van der Waals surface area contributed by atoms with E-state index >= 15 is 0 Å². The van der Waals surface area contributed by atoms with Gasteiger partial charge in [-0.3, -0.25) is 9.59 Å². The van der Waals surface area contributed by atoms with Crippen LogP contribution in [-0.4, -0.2) is 37.6 Å². The van der Waals surface area contributed by atoms with Crippen LogP contribution >= 0.6 is 0 Å². The van der Waals surface area contributed by atoms with Gasteiger partial charge < -0.3 is 19.5 Å². The molecule has 0 radical (unpaired) electrons. The predicted molar refractivity (Wildman–Crippen MR) is 103 cm³/mol. The molecule has 1 aliphatic heterocycles. The molecule has 0 unspecified atom stereocenters. The van der Waals surface area contributed by atoms with E-state index in [1.165, 1.54) is 20.3 Å². The number of aromatic hydroxyl groups is 1. The van der Waals surface area contributed by atoms with Crippen molar-refractivity contribution in [1.29, 1.82) is 0 Å². The summed E-state index contributed by atoms with van der Waals surface area (Å²) in [5, 5.41) is 9.93. The number of rotatable bonds is 6. The fraction of sp³-hybridized carbons (Fsp3) is 0.238. The topological polar surface area (TPSA) is 76.1 Å². The van der Waals surface area contributed by atoms with Crippen LogP contribution in [0.25, 0.3) is 6.08 Å². The average molecular weight is 367 g/mol. The van der Waals surface area contributed by atoms with Crippen molar-refractivity contribution in [2.75, 3.05) is 25.7 Å². The maximum atomic E-state index is 12.4. The number of allylic oxidation sites excluding steroid dienone is 1. The van der Waals surface area contributed by atoms with Crippen molar-refractivity contribution in [3.05, 3.63) is 53.6 Å². The Labute approximate surface area is 157 Å². The van der Waals surface area contributed by atoms with Crippen molar-refractivity contribution in [1.82, 2.24) is 0 Å². The second-order valence-corrected chi connectivity index (χ2v) is 6.17. The normalized spacial score (nSPS) is 14.0. The minimum atomic E-state index is -0.166. The largest absolute Gasteiger partial charge is 0.502 e. The number of amides is 1. The van der Waals surface area contributed by atoms with Crippen LogP contribution in [0.15, 0.2) is 42.5 Å². The lowest BCUT2D eigenvalue weighted by Crippen LogP contribution is -2.23. The molecule has 2 aromatic carbocycles. The van der Waals surface area contributed by atoms with Crippen molar-refractivity contribution in [2.24, 2.45) is 0 Å². The Morgan fingerprint density at radius 1 is 1.11 bits per heavy atom. The Bertz CT molecular complexity index is 861. The van der Waals surface area contributed by atoms with E-state index in [1.54, 1.807) is 47.4 Å². The van der Waals surface area contributed by atoms with Gasteiger partial charge in [0.05, 0.1) is 14.2 Å². The Kier molecular flexibility index (Phi) is 5.45. The molecule has 1 fully saturated rings. The molecule has 1 heterocycles. The number of ether oxygens (including phenoxy) is 2. The Balaban J connectivity index is 1.76. The van der Waals surface area contributed by atoms with Gasteiger partial charge in [0.15, 0.2) is 17.3 Å². The van der Waals surface area contributed by atoms with E-state index in [0.29, 0.717) is 17.5 Å². The van der Waals surface area contributed by atoms with Crippen molar-refractivity contribution in [3.63, 3.8) is 0 Å². The monoisotopic (exact) mass is 367 g/mol. The minimum Gasteiger partial charge on any atom is -0.502 e. The van der Waals surface area contributed by atoms with Gasteiger partial charge in [-0.1, -0.05) is 6.08 Å². The maximum absolute atomic E-state index is 12.4. The first kappa shape index (κ1) is 18.5. The number of phenolic OH excluding ortho intramolecular Hbond substituents is 1. The number of phenols is 1. The first-order valence-electron chi connectivity index (χ1n) is 8.61. The van der Waals surface area contributed by atoms with E-state index in [2.05, 4.69) is 0 Å². The predicted octanol–water partition coefficient (Wildman–Crippen LogP) is 3.43. The number of methoxy groups -OCH3 is 2. The van der Waals surface area contributed by atoms with E-state index in [-0.39, 0.29) is 28.9 Å². The van der Waals surface area contributed by atoms with Gasteiger partial charge >= 0.3 is 0 Å². The summed E-state index contributed by atoms with van der Waals surface area (Å²) in [4.78, 5) is 25.9. The Morgan fingerprint density at radius 3 is 2.26 bits per heavy atom. The van der Waals surface area contributed by atoms with E-state index in [1.807, 2.05) is 0 Å². The molecule has 1 amide bonds. The van der Waals surface area contributed by atoms with Gasteiger partial charge in [-0.2, -0.15) is 0 Å². The lowest BCUT2D eigenvalue weighted by molar-refractivity contribution is -0.117. The van der Waals surface area contributed by atoms with Crippen molar-refractivity contribution < 1.29 is 24.2 Å². The van der Waals surface area contributed by atoms with Crippen LogP contribution in [0, 0.1) is 0 Å². The van der Waals surface area contributed by atoms with Crippen LogP contribution in [0.1, 0.15) is 28.8 Å². The number of carbonyl (C=O) groups excluding carboxylic acids is 2. The molecule has 0 aromatic heterocycles. The number of hydrogen-bond acceptors (Lipinski definition) is 5. The second-order valence-electron chi connectivity index (χ2n) is 6.17. The maximum Gasteiger partial charge on any atom is 0.227 e. The molecule has 1 aliphatic rings. The second kappa shape index (κ2) is 7.95. The van der Waals surface area contributed by atoms with Crippen molar-refractivity contribution in [2.45, 2.75) is 12.8 Å². The summed E-state index contributed by atoms with van der Waals surface area (Å²) in [5.41, 5.74) is 2.00. The number of nitrogens with zero attached hydrogens (tertiary/aromatic N) is 1. The summed E-state index contributed by atoms with van der Waals surface area (Å²) in [7, 11) is 2.89. The zero-order valence-corrected chi connectivity index (χ0v) is 15.3. The molecule has 0 bridgehead atoms. The highest BCUT2D eigenvalue weighted by molar-refractivity contribution is 6.07. The smallest absolute Gasteiger partial charge is 0.227 e. The highest BCUT2D eigenvalue weighted by Gasteiger charge is 2.21. The fourth-order valence-corrected chi connectivity index (χ4v) is 3.00. The van der Waals surface area contributed by atoms with Gasteiger partial charge in [0, 0.05) is 24.2 Å². The first-order chi connectivity index (χ1) is 13.0. The van der Waals surface area contributed by atoms with E-state index in [9.17, 15) is 14.7 Å². The van der Waals surface area contributed by atoms with Crippen LogP contribution in [0.2, 0.25) is 0 Å². The van der Waals surface area contributed by atoms with Gasteiger partial charge in [-0.05, 0) is 54.5 Å². The molecule has 0 aliphatic carbocycles. The molecule has 6 heteroatoms. The molecule has 2 aromatic rings. The van der Waals surface area contributed by atoms with E-state index in [4.69, 9.17) is 9.47 Å². The summed E-state index contributed by atoms with van der Waals surface area (Å²) in [6.45, 7) is 0.719. The molecule has 0 atom stereocenters. The van der Waals surface area contributed by atoms with Crippen LogP contribution in [0.3, 0.4) is 0 Å². The standard InChI is InChI=1S/C21H21NO5/c1-26-18-12-14(13-19(27-2)21(18)25)5-10-17(23)15-6-8-16(9-7-15)22-11-3-4-20(22)24/h5-10,12-13,25H,3-4,11H2,1-2H3. The highest BCUT2D eigenvalue weighted by atomic mass is 16.5. The van der Waals surface area contributed by atoms with E-state index < -0.39 is 0 Å². The third-order valence-corrected chi connectivity index (χ3v) is 4.47. The van der Waals surface area contributed by atoms with Crippen molar-refractivity contribution in [3.8, 4) is 17.2 Å². The number of benzene rings is 2. The fourth-order valence-electron chi connectivity index (χ4n) is 3.00. The molecule has 0 saturated carbocycles. The molecule has 140 valence electrons. The summed E-state index contributed by atoms with van der Waals surface area (Å²) >= 11 is 0. The van der Waals surface area contributed by atoms with Crippen LogP contribution in [0.5, 0.6) is 17.2 Å². The Hall–Kier alpha value is -3.28. The average Bonchev–Trinajstić information content (AvgIpc) is 3.12. The third kappa shape index (κ3) is 3.95. The molecule has 6 nitrogen and oxygen atoms in total. The summed E-state index contributed by atoms with van der Waals surface area (Å²) in [6.07, 6.45) is 4.51. The number of ketones is 1. The minimum absolute atomic E-state index is 0.0875. The molecular weight excluding hydrogens is 346 g/mol. The highest BCUT2D eigenvalue weighted by Crippen LogP contribution is 2.37. The van der Waals surface area contributed by atoms with Gasteiger partial charge in [0.2, 0.25) is 11.7 Å². The van der Waals surface area contributed by atoms with Gasteiger partial charge in [-0.25, -0.2) is 0 Å².